The van der Waals surface area contributed by atoms with Gasteiger partial charge in [-0.3, -0.25) is 14.5 Å². The summed E-state index contributed by atoms with van der Waals surface area (Å²) in [7, 11) is 3.35. The molecule has 4 aromatic rings. The van der Waals surface area contributed by atoms with E-state index in [0.717, 1.165) is 38.8 Å². The van der Waals surface area contributed by atoms with E-state index in [1.54, 1.807) is 31.8 Å². The van der Waals surface area contributed by atoms with Crippen molar-refractivity contribution in [3.63, 3.8) is 0 Å². The van der Waals surface area contributed by atoms with Gasteiger partial charge in [-0.15, -0.1) is 11.3 Å². The van der Waals surface area contributed by atoms with E-state index in [1.165, 1.54) is 0 Å². The number of nitrogens with zero attached hydrogens (tertiary/aromatic N) is 3. The average Bonchev–Trinajstić information content (AvgIpc) is 3.22. The smallest absolute Gasteiger partial charge is 0.190 e. The number of hydrogen-bond acceptors (Lipinski definition) is 5. The quantitative estimate of drug-likeness (QED) is 0.468. The molecule has 0 N–H and O–H groups in total. The SMILES string of the molecule is COc1ccc(-n2c(-c3cccc(OC)c3)csc2=NCc2cccnc2)cc1. The zero-order chi connectivity index (χ0) is 20.1. The minimum Gasteiger partial charge on any atom is -0.497 e. The van der Waals surface area contributed by atoms with Gasteiger partial charge in [-0.25, -0.2) is 0 Å². The summed E-state index contributed by atoms with van der Waals surface area (Å²) in [6, 6.07) is 20.0. The van der Waals surface area contributed by atoms with Gasteiger partial charge in [-0.05, 0) is 48.0 Å². The van der Waals surface area contributed by atoms with Crippen LogP contribution < -0.4 is 14.3 Å². The number of rotatable bonds is 6. The van der Waals surface area contributed by atoms with Crippen molar-refractivity contribution >= 4 is 11.3 Å². The van der Waals surface area contributed by atoms with Gasteiger partial charge in [0.25, 0.3) is 0 Å². The molecule has 0 saturated heterocycles. The fraction of sp³-hybridized carbons (Fsp3) is 0.130. The molecule has 0 radical (unpaired) electrons. The molecule has 4 rings (SSSR count). The molecule has 0 unspecified atom stereocenters. The van der Waals surface area contributed by atoms with Crippen LogP contribution in [0.15, 0.2) is 83.4 Å². The molecule has 0 saturated carbocycles. The molecule has 0 bridgehead atoms. The Hall–Kier alpha value is -3.38. The molecule has 0 fully saturated rings. The van der Waals surface area contributed by atoms with Gasteiger partial charge >= 0.3 is 0 Å². The summed E-state index contributed by atoms with van der Waals surface area (Å²) in [6.45, 7) is 0.571. The largest absolute Gasteiger partial charge is 0.497 e. The summed E-state index contributed by atoms with van der Waals surface area (Å²) < 4.78 is 12.9. The molecule has 29 heavy (non-hydrogen) atoms. The van der Waals surface area contributed by atoms with E-state index in [4.69, 9.17) is 14.5 Å². The Morgan fingerprint density at radius 3 is 2.52 bits per heavy atom. The highest BCUT2D eigenvalue weighted by atomic mass is 32.1. The van der Waals surface area contributed by atoms with Crippen molar-refractivity contribution < 1.29 is 9.47 Å². The van der Waals surface area contributed by atoms with Gasteiger partial charge in [0.1, 0.15) is 11.5 Å². The number of thiazole rings is 1. The summed E-state index contributed by atoms with van der Waals surface area (Å²) >= 11 is 1.61. The molecule has 146 valence electrons. The van der Waals surface area contributed by atoms with Crippen molar-refractivity contribution in [2.24, 2.45) is 4.99 Å². The first kappa shape index (κ1) is 19.0. The fourth-order valence-corrected chi connectivity index (χ4v) is 3.94. The van der Waals surface area contributed by atoms with E-state index in [9.17, 15) is 0 Å². The lowest BCUT2D eigenvalue weighted by Crippen LogP contribution is -2.14. The third-order valence-corrected chi connectivity index (χ3v) is 5.39. The number of pyridine rings is 1. The van der Waals surface area contributed by atoms with Crippen molar-refractivity contribution in [2.75, 3.05) is 14.2 Å². The van der Waals surface area contributed by atoms with Crippen LogP contribution in [-0.4, -0.2) is 23.8 Å². The van der Waals surface area contributed by atoms with Gasteiger partial charge in [0.05, 0.1) is 26.5 Å². The van der Waals surface area contributed by atoms with Gasteiger partial charge < -0.3 is 9.47 Å². The number of ether oxygens (including phenoxy) is 2. The predicted octanol–water partition coefficient (Wildman–Crippen LogP) is 4.72. The van der Waals surface area contributed by atoms with Crippen molar-refractivity contribution in [1.82, 2.24) is 9.55 Å². The maximum Gasteiger partial charge on any atom is 0.190 e. The Morgan fingerprint density at radius 1 is 0.966 bits per heavy atom. The fourth-order valence-electron chi connectivity index (χ4n) is 3.04. The van der Waals surface area contributed by atoms with E-state index < -0.39 is 0 Å². The van der Waals surface area contributed by atoms with Gasteiger partial charge in [0.2, 0.25) is 0 Å². The normalized spacial score (nSPS) is 11.4. The zero-order valence-electron chi connectivity index (χ0n) is 16.3. The molecule has 2 heterocycles. The third-order valence-electron chi connectivity index (χ3n) is 4.52. The van der Waals surface area contributed by atoms with Crippen LogP contribution in [0, 0.1) is 0 Å². The molecular formula is C23H21N3O2S. The van der Waals surface area contributed by atoms with Crippen LogP contribution in [0.2, 0.25) is 0 Å². The Morgan fingerprint density at radius 2 is 1.79 bits per heavy atom. The van der Waals surface area contributed by atoms with E-state index in [0.29, 0.717) is 6.54 Å². The van der Waals surface area contributed by atoms with Gasteiger partial charge in [-0.1, -0.05) is 18.2 Å². The molecule has 0 spiro atoms. The Bertz CT molecular complexity index is 1150. The summed E-state index contributed by atoms with van der Waals surface area (Å²) in [5.41, 5.74) is 4.23. The van der Waals surface area contributed by atoms with Crippen molar-refractivity contribution in [3.8, 4) is 28.4 Å². The molecule has 2 aromatic carbocycles. The summed E-state index contributed by atoms with van der Waals surface area (Å²) in [4.78, 5) is 9.95. The first-order valence-corrected chi connectivity index (χ1v) is 10.1. The first-order valence-electron chi connectivity index (χ1n) is 9.17. The summed E-state index contributed by atoms with van der Waals surface area (Å²) in [5.74, 6) is 1.64. The molecule has 0 aliphatic rings. The second-order valence-corrected chi connectivity index (χ2v) is 7.18. The van der Waals surface area contributed by atoms with Crippen molar-refractivity contribution in [1.29, 1.82) is 0 Å². The van der Waals surface area contributed by atoms with E-state index in [-0.39, 0.29) is 0 Å². The lowest BCUT2D eigenvalue weighted by molar-refractivity contribution is 0.414. The van der Waals surface area contributed by atoms with Crippen LogP contribution in [0.25, 0.3) is 16.9 Å². The molecule has 5 nitrogen and oxygen atoms in total. The van der Waals surface area contributed by atoms with Crippen molar-refractivity contribution in [3.05, 3.63) is 88.8 Å². The van der Waals surface area contributed by atoms with E-state index in [2.05, 4.69) is 21.0 Å². The molecule has 6 heteroatoms. The Kier molecular flexibility index (Phi) is 5.72. The highest BCUT2D eigenvalue weighted by Gasteiger charge is 2.11. The van der Waals surface area contributed by atoms with Gasteiger partial charge in [0.15, 0.2) is 4.80 Å². The molecule has 2 aromatic heterocycles. The Labute approximate surface area is 173 Å². The van der Waals surface area contributed by atoms with E-state index in [1.807, 2.05) is 60.8 Å². The maximum absolute atomic E-state index is 5.41. The Balaban J connectivity index is 1.83. The topological polar surface area (TPSA) is 48.6 Å². The molecule has 0 aliphatic heterocycles. The average molecular weight is 404 g/mol. The third kappa shape index (κ3) is 4.22. The van der Waals surface area contributed by atoms with Gasteiger partial charge in [-0.2, -0.15) is 0 Å². The maximum atomic E-state index is 5.41. The van der Waals surface area contributed by atoms with Crippen LogP contribution in [0.4, 0.5) is 0 Å². The van der Waals surface area contributed by atoms with Gasteiger partial charge in [0, 0.05) is 29.0 Å². The first-order chi connectivity index (χ1) is 14.3. The molecule has 0 atom stereocenters. The number of hydrogen-bond donors (Lipinski definition) is 0. The van der Waals surface area contributed by atoms with Crippen LogP contribution >= 0.6 is 11.3 Å². The minimum absolute atomic E-state index is 0.571. The second-order valence-electron chi connectivity index (χ2n) is 6.35. The van der Waals surface area contributed by atoms with Crippen LogP contribution in [0.5, 0.6) is 11.5 Å². The molecule has 0 amide bonds. The van der Waals surface area contributed by atoms with Crippen LogP contribution in [0.1, 0.15) is 5.56 Å². The lowest BCUT2D eigenvalue weighted by atomic mass is 10.1. The number of methoxy groups -OCH3 is 2. The lowest BCUT2D eigenvalue weighted by Gasteiger charge is -2.11. The van der Waals surface area contributed by atoms with Crippen LogP contribution in [0.3, 0.4) is 0 Å². The second kappa shape index (κ2) is 8.75. The summed E-state index contributed by atoms with van der Waals surface area (Å²) in [5, 5.41) is 2.13. The minimum atomic E-state index is 0.571. The zero-order valence-corrected chi connectivity index (χ0v) is 17.1. The summed E-state index contributed by atoms with van der Waals surface area (Å²) in [6.07, 6.45) is 3.62. The highest BCUT2D eigenvalue weighted by Crippen LogP contribution is 2.27. The monoisotopic (exact) mass is 403 g/mol. The molecular weight excluding hydrogens is 382 g/mol. The number of aromatic nitrogens is 2. The highest BCUT2D eigenvalue weighted by molar-refractivity contribution is 7.07. The van der Waals surface area contributed by atoms with Crippen molar-refractivity contribution in [2.45, 2.75) is 6.54 Å². The molecule has 0 aliphatic carbocycles. The number of benzene rings is 2. The van der Waals surface area contributed by atoms with Crippen LogP contribution in [-0.2, 0) is 6.54 Å². The van der Waals surface area contributed by atoms with E-state index >= 15 is 0 Å². The predicted molar refractivity (Wildman–Crippen MR) is 116 cm³/mol. The standard InChI is InChI=1S/C23H21N3O2S/c1-27-20-10-8-19(9-11-20)26-22(18-6-3-7-21(13-18)28-2)16-29-23(26)25-15-17-5-4-12-24-14-17/h3-14,16H,15H2,1-2H3.